The Labute approximate surface area is 163 Å². The normalized spacial score (nSPS) is 21.1. The standard InChI is InChI=1S/C19H26N6O3/c26-15-2-1-7-25(12-15)17-3-6-20-19(21-17)24-8-4-13(5-9-24)16-10-14(22-23-16)11-18(27)28/h3,6,10,13,15,26H,1-2,4-5,7-9,11-12H2,(H,22,23)(H,27,28). The minimum Gasteiger partial charge on any atom is -0.481 e. The van der Waals surface area contributed by atoms with E-state index in [0.717, 1.165) is 62.8 Å². The monoisotopic (exact) mass is 386 g/mol. The van der Waals surface area contributed by atoms with Gasteiger partial charge in [0.25, 0.3) is 0 Å². The van der Waals surface area contributed by atoms with Gasteiger partial charge in [-0.2, -0.15) is 10.1 Å². The van der Waals surface area contributed by atoms with Crippen molar-refractivity contribution in [1.29, 1.82) is 0 Å². The first-order chi connectivity index (χ1) is 13.6. The Kier molecular flexibility index (Phi) is 5.43. The fraction of sp³-hybridized carbons (Fsp3) is 0.579. The van der Waals surface area contributed by atoms with Gasteiger partial charge in [0.15, 0.2) is 0 Å². The summed E-state index contributed by atoms with van der Waals surface area (Å²) in [6.07, 6.45) is 5.14. The van der Waals surface area contributed by atoms with Crippen LogP contribution in [0.4, 0.5) is 11.8 Å². The highest BCUT2D eigenvalue weighted by molar-refractivity contribution is 5.69. The highest BCUT2D eigenvalue weighted by Crippen LogP contribution is 2.29. The first-order valence-electron chi connectivity index (χ1n) is 9.85. The molecular formula is C19H26N6O3. The van der Waals surface area contributed by atoms with Crippen LogP contribution >= 0.6 is 0 Å². The largest absolute Gasteiger partial charge is 0.481 e. The number of aliphatic hydroxyl groups excluding tert-OH is 1. The van der Waals surface area contributed by atoms with Gasteiger partial charge in [-0.15, -0.1) is 0 Å². The van der Waals surface area contributed by atoms with Crippen molar-refractivity contribution in [3.05, 3.63) is 29.7 Å². The molecule has 2 aliphatic heterocycles. The van der Waals surface area contributed by atoms with Crippen molar-refractivity contribution in [2.24, 2.45) is 0 Å². The van der Waals surface area contributed by atoms with E-state index >= 15 is 0 Å². The van der Waals surface area contributed by atoms with E-state index in [2.05, 4.69) is 25.0 Å². The number of aromatic amines is 1. The van der Waals surface area contributed by atoms with Crippen LogP contribution < -0.4 is 9.80 Å². The Hall–Kier alpha value is -2.68. The van der Waals surface area contributed by atoms with Crippen LogP contribution in [0.25, 0.3) is 0 Å². The minimum atomic E-state index is -0.858. The number of H-pyrrole nitrogens is 1. The fourth-order valence-corrected chi connectivity index (χ4v) is 4.05. The molecule has 0 radical (unpaired) electrons. The van der Waals surface area contributed by atoms with Gasteiger partial charge in [0.2, 0.25) is 5.95 Å². The van der Waals surface area contributed by atoms with Crippen molar-refractivity contribution in [1.82, 2.24) is 20.2 Å². The lowest BCUT2D eigenvalue weighted by atomic mass is 9.93. The van der Waals surface area contributed by atoms with Crippen LogP contribution in [0.5, 0.6) is 0 Å². The molecule has 0 spiro atoms. The molecule has 9 heteroatoms. The molecule has 9 nitrogen and oxygen atoms in total. The Balaban J connectivity index is 1.38. The number of hydrogen-bond acceptors (Lipinski definition) is 7. The lowest BCUT2D eigenvalue weighted by Crippen LogP contribution is -2.39. The van der Waals surface area contributed by atoms with Crippen LogP contribution in [0.2, 0.25) is 0 Å². The molecule has 2 aromatic heterocycles. The summed E-state index contributed by atoms with van der Waals surface area (Å²) in [7, 11) is 0. The molecule has 28 heavy (non-hydrogen) atoms. The van der Waals surface area contributed by atoms with Crippen molar-refractivity contribution >= 4 is 17.7 Å². The van der Waals surface area contributed by atoms with E-state index in [9.17, 15) is 9.90 Å². The molecule has 0 amide bonds. The van der Waals surface area contributed by atoms with Gasteiger partial charge in [0.1, 0.15) is 5.82 Å². The number of rotatable bonds is 5. The number of nitrogens with zero attached hydrogens (tertiary/aromatic N) is 5. The number of β-amino-alcohol motifs (C(OH)–C–C–N with tert-alkyl or cyclic N) is 1. The second-order valence-electron chi connectivity index (χ2n) is 7.61. The minimum absolute atomic E-state index is 0.0301. The van der Waals surface area contributed by atoms with Crippen LogP contribution in [0.3, 0.4) is 0 Å². The maximum absolute atomic E-state index is 10.8. The van der Waals surface area contributed by atoms with Gasteiger partial charge in [0, 0.05) is 44.0 Å². The van der Waals surface area contributed by atoms with E-state index in [1.54, 1.807) is 6.20 Å². The van der Waals surface area contributed by atoms with Crippen molar-refractivity contribution in [2.75, 3.05) is 36.0 Å². The van der Waals surface area contributed by atoms with Crippen molar-refractivity contribution in [3.63, 3.8) is 0 Å². The molecule has 2 saturated heterocycles. The molecule has 150 valence electrons. The average molecular weight is 386 g/mol. The SMILES string of the molecule is O=C(O)Cc1cc(C2CCN(c3nccc(N4CCCC(O)C4)n3)CC2)n[nH]1. The Morgan fingerprint density at radius 2 is 2.04 bits per heavy atom. The van der Waals surface area contributed by atoms with Gasteiger partial charge in [-0.3, -0.25) is 9.89 Å². The van der Waals surface area contributed by atoms with E-state index < -0.39 is 5.97 Å². The van der Waals surface area contributed by atoms with E-state index in [-0.39, 0.29) is 12.5 Å². The Morgan fingerprint density at radius 3 is 2.79 bits per heavy atom. The molecular weight excluding hydrogens is 360 g/mol. The number of aliphatic hydroxyl groups is 1. The van der Waals surface area contributed by atoms with E-state index in [1.807, 2.05) is 12.1 Å². The van der Waals surface area contributed by atoms with E-state index in [0.29, 0.717) is 18.2 Å². The second-order valence-corrected chi connectivity index (χ2v) is 7.61. The van der Waals surface area contributed by atoms with Crippen LogP contribution in [-0.2, 0) is 11.2 Å². The third-order valence-corrected chi connectivity index (χ3v) is 5.54. The third-order valence-electron chi connectivity index (χ3n) is 5.54. The third kappa shape index (κ3) is 4.24. The molecule has 1 atom stereocenters. The van der Waals surface area contributed by atoms with Gasteiger partial charge in [-0.25, -0.2) is 4.98 Å². The maximum Gasteiger partial charge on any atom is 0.309 e. The van der Waals surface area contributed by atoms with Crippen LogP contribution in [0.15, 0.2) is 18.3 Å². The zero-order valence-electron chi connectivity index (χ0n) is 15.8. The van der Waals surface area contributed by atoms with Crippen LogP contribution in [0.1, 0.15) is 43.0 Å². The number of carbonyl (C=O) groups is 1. The first-order valence-corrected chi connectivity index (χ1v) is 9.85. The summed E-state index contributed by atoms with van der Waals surface area (Å²) in [6.45, 7) is 3.19. The molecule has 3 N–H and O–H groups in total. The molecule has 0 bridgehead atoms. The van der Waals surface area contributed by atoms with Crippen molar-refractivity contribution in [2.45, 2.75) is 44.1 Å². The average Bonchev–Trinajstić information content (AvgIpc) is 3.16. The number of carboxylic acids is 1. The van der Waals surface area contributed by atoms with Gasteiger partial charge in [0.05, 0.1) is 18.2 Å². The molecule has 1 unspecified atom stereocenters. The zero-order chi connectivity index (χ0) is 19.5. The molecule has 0 aromatic carbocycles. The zero-order valence-corrected chi connectivity index (χ0v) is 15.8. The van der Waals surface area contributed by atoms with Crippen molar-refractivity contribution in [3.8, 4) is 0 Å². The topological polar surface area (TPSA) is 118 Å². The van der Waals surface area contributed by atoms with E-state index in [1.165, 1.54) is 0 Å². The quantitative estimate of drug-likeness (QED) is 0.701. The van der Waals surface area contributed by atoms with Gasteiger partial charge in [-0.1, -0.05) is 0 Å². The molecule has 2 aliphatic rings. The van der Waals surface area contributed by atoms with Gasteiger partial charge >= 0.3 is 5.97 Å². The Morgan fingerprint density at radius 1 is 1.21 bits per heavy atom. The summed E-state index contributed by atoms with van der Waals surface area (Å²) < 4.78 is 0. The lowest BCUT2D eigenvalue weighted by molar-refractivity contribution is -0.136. The predicted molar refractivity (Wildman–Crippen MR) is 104 cm³/mol. The Bertz CT molecular complexity index is 818. The smallest absolute Gasteiger partial charge is 0.309 e. The summed E-state index contributed by atoms with van der Waals surface area (Å²) in [5.74, 6) is 1.06. The highest BCUT2D eigenvalue weighted by Gasteiger charge is 2.25. The number of aliphatic carboxylic acids is 1. The summed E-state index contributed by atoms with van der Waals surface area (Å²) in [6, 6.07) is 3.77. The molecule has 2 aromatic rings. The molecule has 0 saturated carbocycles. The van der Waals surface area contributed by atoms with Crippen molar-refractivity contribution < 1.29 is 15.0 Å². The summed E-state index contributed by atoms with van der Waals surface area (Å²) >= 11 is 0. The fourth-order valence-electron chi connectivity index (χ4n) is 4.05. The first kappa shape index (κ1) is 18.7. The molecule has 0 aliphatic carbocycles. The molecule has 4 rings (SSSR count). The number of hydrogen-bond donors (Lipinski definition) is 3. The van der Waals surface area contributed by atoms with Gasteiger partial charge in [-0.05, 0) is 37.8 Å². The lowest BCUT2D eigenvalue weighted by Gasteiger charge is -2.33. The number of aromatic nitrogens is 4. The van der Waals surface area contributed by atoms with E-state index in [4.69, 9.17) is 10.1 Å². The summed E-state index contributed by atoms with van der Waals surface area (Å²) in [4.78, 5) is 24.3. The summed E-state index contributed by atoms with van der Waals surface area (Å²) in [5.41, 5.74) is 1.58. The highest BCUT2D eigenvalue weighted by atomic mass is 16.4. The number of piperidine rings is 2. The number of carboxylic acid groups (broad SMARTS) is 1. The number of nitrogens with one attached hydrogen (secondary N) is 1. The van der Waals surface area contributed by atoms with Crippen LogP contribution in [-0.4, -0.2) is 68.6 Å². The number of anilines is 2. The second kappa shape index (κ2) is 8.14. The molecule has 2 fully saturated rings. The summed E-state index contributed by atoms with van der Waals surface area (Å²) in [5, 5.41) is 25.9. The predicted octanol–water partition coefficient (Wildman–Crippen LogP) is 1.17. The molecule has 4 heterocycles. The van der Waals surface area contributed by atoms with Crippen LogP contribution in [0, 0.1) is 0 Å². The maximum atomic E-state index is 10.8. The van der Waals surface area contributed by atoms with Gasteiger partial charge < -0.3 is 20.0 Å².